The van der Waals surface area contributed by atoms with Crippen LogP contribution in [0.4, 0.5) is 0 Å². The van der Waals surface area contributed by atoms with E-state index in [0.29, 0.717) is 30.3 Å². The van der Waals surface area contributed by atoms with Crippen LogP contribution in [0.25, 0.3) is 11.0 Å². The van der Waals surface area contributed by atoms with E-state index in [-0.39, 0.29) is 5.91 Å². The Hall–Kier alpha value is -4.09. The van der Waals surface area contributed by atoms with Gasteiger partial charge in [-0.05, 0) is 60.0 Å². The molecule has 5 nitrogen and oxygen atoms in total. The molecular formula is C30H26ClN3O2. The molecule has 5 rings (SSSR count). The van der Waals surface area contributed by atoms with Crippen LogP contribution in [-0.4, -0.2) is 22.0 Å². The Morgan fingerprint density at radius 1 is 0.861 bits per heavy atom. The van der Waals surface area contributed by atoms with Crippen molar-refractivity contribution in [2.45, 2.75) is 19.6 Å². The van der Waals surface area contributed by atoms with Gasteiger partial charge in [-0.2, -0.15) is 0 Å². The summed E-state index contributed by atoms with van der Waals surface area (Å²) in [7, 11) is 0. The molecule has 0 bridgehead atoms. The zero-order valence-electron chi connectivity index (χ0n) is 19.7. The summed E-state index contributed by atoms with van der Waals surface area (Å²) < 4.78 is 8.12. The molecule has 36 heavy (non-hydrogen) atoms. The Morgan fingerprint density at radius 3 is 2.39 bits per heavy atom. The molecule has 5 aromatic rings. The first-order chi connectivity index (χ1) is 17.7. The second-order valence-electron chi connectivity index (χ2n) is 8.54. The van der Waals surface area contributed by atoms with Gasteiger partial charge in [-0.15, -0.1) is 0 Å². The molecule has 0 saturated carbocycles. The van der Waals surface area contributed by atoms with E-state index < -0.39 is 0 Å². The number of imidazole rings is 1. The first-order valence-electron chi connectivity index (χ1n) is 11.9. The summed E-state index contributed by atoms with van der Waals surface area (Å²) in [4.78, 5) is 17.7. The zero-order chi connectivity index (χ0) is 24.7. The van der Waals surface area contributed by atoms with Crippen molar-refractivity contribution in [2.75, 3.05) is 6.54 Å². The topological polar surface area (TPSA) is 56.1 Å². The van der Waals surface area contributed by atoms with E-state index in [9.17, 15) is 4.79 Å². The van der Waals surface area contributed by atoms with E-state index in [4.69, 9.17) is 21.3 Å². The zero-order valence-corrected chi connectivity index (χ0v) is 20.5. The van der Waals surface area contributed by atoms with Gasteiger partial charge in [-0.3, -0.25) is 4.79 Å². The third kappa shape index (κ3) is 5.75. The van der Waals surface area contributed by atoms with Gasteiger partial charge in [0.25, 0.3) is 5.91 Å². The van der Waals surface area contributed by atoms with Crippen molar-refractivity contribution in [3.05, 3.63) is 131 Å². The predicted molar refractivity (Wildman–Crippen MR) is 144 cm³/mol. The second-order valence-corrected chi connectivity index (χ2v) is 8.98. The fourth-order valence-corrected chi connectivity index (χ4v) is 4.37. The summed E-state index contributed by atoms with van der Waals surface area (Å²) in [5.74, 6) is 1.44. The monoisotopic (exact) mass is 495 g/mol. The van der Waals surface area contributed by atoms with Gasteiger partial charge in [0.15, 0.2) is 0 Å². The van der Waals surface area contributed by atoms with Crippen molar-refractivity contribution >= 4 is 28.5 Å². The molecule has 0 aliphatic heterocycles. The number of hydrogen-bond donors (Lipinski definition) is 1. The molecule has 0 atom stereocenters. The van der Waals surface area contributed by atoms with Crippen molar-refractivity contribution < 1.29 is 9.53 Å². The Labute approximate surface area is 215 Å². The van der Waals surface area contributed by atoms with Crippen LogP contribution in [0.5, 0.6) is 5.75 Å². The summed E-state index contributed by atoms with van der Waals surface area (Å²) >= 11 is 6.23. The van der Waals surface area contributed by atoms with Crippen molar-refractivity contribution in [1.29, 1.82) is 0 Å². The van der Waals surface area contributed by atoms with E-state index in [1.165, 1.54) is 5.56 Å². The fourth-order valence-electron chi connectivity index (χ4n) is 4.16. The minimum atomic E-state index is -0.112. The maximum atomic E-state index is 12.8. The highest BCUT2D eigenvalue weighted by atomic mass is 35.5. The highest BCUT2D eigenvalue weighted by Gasteiger charge is 2.15. The number of benzene rings is 4. The van der Waals surface area contributed by atoms with Gasteiger partial charge in [-0.1, -0.05) is 72.3 Å². The number of aromatic nitrogens is 2. The number of amides is 1. The minimum Gasteiger partial charge on any atom is -0.486 e. The van der Waals surface area contributed by atoms with Gasteiger partial charge < -0.3 is 14.6 Å². The molecular weight excluding hydrogens is 470 g/mol. The maximum absolute atomic E-state index is 12.8. The van der Waals surface area contributed by atoms with Gasteiger partial charge in [0, 0.05) is 23.7 Å². The molecule has 180 valence electrons. The number of rotatable bonds is 9. The average molecular weight is 496 g/mol. The van der Waals surface area contributed by atoms with Crippen LogP contribution < -0.4 is 10.1 Å². The summed E-state index contributed by atoms with van der Waals surface area (Å²) in [6, 6.07) is 33.2. The average Bonchev–Trinajstić information content (AvgIpc) is 3.25. The Bertz CT molecular complexity index is 1470. The van der Waals surface area contributed by atoms with Crippen LogP contribution >= 0.6 is 11.6 Å². The van der Waals surface area contributed by atoms with Crippen molar-refractivity contribution in [3.63, 3.8) is 0 Å². The molecule has 0 spiro atoms. The quantitative estimate of drug-likeness (QED) is 0.261. The van der Waals surface area contributed by atoms with Crippen LogP contribution in [-0.2, 0) is 19.6 Å². The first-order valence-corrected chi connectivity index (χ1v) is 12.3. The third-order valence-electron chi connectivity index (χ3n) is 5.97. The third-order valence-corrected chi connectivity index (χ3v) is 6.21. The summed E-state index contributed by atoms with van der Waals surface area (Å²) in [5, 5.41) is 3.70. The molecule has 0 radical (unpaired) electrons. The van der Waals surface area contributed by atoms with Crippen LogP contribution in [0.15, 0.2) is 103 Å². The van der Waals surface area contributed by atoms with Gasteiger partial charge in [0.05, 0.1) is 11.0 Å². The SMILES string of the molecule is O=C(NCCc1ccccc1)c1ccc2c(c1)nc(COc1ccccc1)n2Cc1cccc(Cl)c1. The highest BCUT2D eigenvalue weighted by molar-refractivity contribution is 6.30. The van der Waals surface area contributed by atoms with E-state index in [1.807, 2.05) is 91.0 Å². The van der Waals surface area contributed by atoms with Crippen LogP contribution in [0, 0.1) is 0 Å². The maximum Gasteiger partial charge on any atom is 0.251 e. The molecule has 6 heteroatoms. The number of carbonyl (C=O) groups excluding carboxylic acids is 1. The lowest BCUT2D eigenvalue weighted by Gasteiger charge is -2.11. The molecule has 1 N–H and O–H groups in total. The lowest BCUT2D eigenvalue weighted by Crippen LogP contribution is -2.25. The van der Waals surface area contributed by atoms with Crippen molar-refractivity contribution in [3.8, 4) is 5.75 Å². The molecule has 1 heterocycles. The summed E-state index contributed by atoms with van der Waals surface area (Å²) in [6.45, 7) is 1.46. The molecule has 0 unspecified atom stereocenters. The normalized spacial score (nSPS) is 10.9. The number of nitrogens with zero attached hydrogens (tertiary/aromatic N) is 2. The second kappa shape index (κ2) is 11.1. The number of fused-ring (bicyclic) bond motifs is 1. The standard InChI is InChI=1S/C30H26ClN3O2/c31-25-11-7-10-23(18-25)20-34-28-15-14-24(30(35)32-17-16-22-8-3-1-4-9-22)19-27(28)33-29(34)21-36-26-12-5-2-6-13-26/h1-15,18-19H,16-17,20-21H2,(H,32,35). The number of ether oxygens (including phenoxy) is 1. The first kappa shape index (κ1) is 23.6. The van der Waals surface area contributed by atoms with E-state index >= 15 is 0 Å². The Morgan fingerprint density at radius 2 is 1.61 bits per heavy atom. The van der Waals surface area contributed by atoms with Gasteiger partial charge in [0.2, 0.25) is 0 Å². The summed E-state index contributed by atoms with van der Waals surface area (Å²) in [5.41, 5.74) is 4.52. The molecule has 1 aromatic heterocycles. The van der Waals surface area contributed by atoms with Gasteiger partial charge in [-0.25, -0.2) is 4.98 Å². The smallest absolute Gasteiger partial charge is 0.251 e. The molecule has 0 saturated heterocycles. The van der Waals surface area contributed by atoms with Crippen molar-refractivity contribution in [1.82, 2.24) is 14.9 Å². The van der Waals surface area contributed by atoms with Crippen LogP contribution in [0.1, 0.15) is 27.3 Å². The van der Waals surface area contributed by atoms with E-state index in [0.717, 1.165) is 34.6 Å². The number of carbonyl (C=O) groups is 1. The molecule has 0 fully saturated rings. The van der Waals surface area contributed by atoms with Crippen LogP contribution in [0.3, 0.4) is 0 Å². The van der Waals surface area contributed by atoms with Crippen molar-refractivity contribution in [2.24, 2.45) is 0 Å². The molecule has 0 aliphatic carbocycles. The lowest BCUT2D eigenvalue weighted by molar-refractivity contribution is 0.0954. The molecule has 0 aliphatic rings. The Balaban J connectivity index is 1.38. The van der Waals surface area contributed by atoms with E-state index in [1.54, 1.807) is 0 Å². The minimum absolute atomic E-state index is 0.112. The van der Waals surface area contributed by atoms with Crippen LogP contribution in [0.2, 0.25) is 5.02 Å². The largest absolute Gasteiger partial charge is 0.486 e. The number of halogens is 1. The molecule has 4 aromatic carbocycles. The van der Waals surface area contributed by atoms with Gasteiger partial charge in [0.1, 0.15) is 18.2 Å². The predicted octanol–water partition coefficient (Wildman–Crippen LogP) is 6.29. The number of para-hydroxylation sites is 1. The lowest BCUT2D eigenvalue weighted by atomic mass is 10.1. The fraction of sp³-hybridized carbons (Fsp3) is 0.133. The highest BCUT2D eigenvalue weighted by Crippen LogP contribution is 2.22. The Kier molecular flexibility index (Phi) is 7.29. The number of hydrogen-bond acceptors (Lipinski definition) is 3. The summed E-state index contributed by atoms with van der Waals surface area (Å²) in [6.07, 6.45) is 0.782. The number of nitrogens with one attached hydrogen (secondary N) is 1. The van der Waals surface area contributed by atoms with Gasteiger partial charge >= 0.3 is 0 Å². The molecule has 1 amide bonds. The van der Waals surface area contributed by atoms with E-state index in [2.05, 4.69) is 22.0 Å².